The van der Waals surface area contributed by atoms with E-state index in [1.807, 2.05) is 0 Å². The quantitative estimate of drug-likeness (QED) is 0.490. The molecule has 0 radical (unpaired) electrons. The van der Waals surface area contributed by atoms with Gasteiger partial charge in [0, 0.05) is 19.3 Å². The molecule has 3 amide bonds. The van der Waals surface area contributed by atoms with E-state index >= 15 is 0 Å². The van der Waals surface area contributed by atoms with Gasteiger partial charge in [-0.05, 0) is 6.42 Å². The minimum atomic E-state index is -1.31. The fourth-order valence-electron chi connectivity index (χ4n) is 2.00. The standard InChI is InChI=1S/C10H10N2O7/c13-6-3-4-7(14)11(6)18-10(16)19-12-8(15)2-1-5-9(12)17-5/h5,9H,1-4H2. The van der Waals surface area contributed by atoms with Crippen LogP contribution in [0.2, 0.25) is 0 Å². The van der Waals surface area contributed by atoms with Crippen LogP contribution < -0.4 is 0 Å². The normalized spacial score (nSPS) is 29.4. The summed E-state index contributed by atoms with van der Waals surface area (Å²) in [7, 11) is 0. The Morgan fingerprint density at radius 2 is 1.74 bits per heavy atom. The fraction of sp³-hybridized carbons (Fsp3) is 0.600. The highest BCUT2D eigenvalue weighted by Crippen LogP contribution is 2.35. The molecule has 0 aromatic rings. The number of hydroxylamine groups is 4. The first-order valence-electron chi connectivity index (χ1n) is 5.79. The average Bonchev–Trinajstić information content (AvgIpc) is 3.10. The lowest BCUT2D eigenvalue weighted by molar-refractivity contribution is -0.207. The van der Waals surface area contributed by atoms with Gasteiger partial charge in [0.1, 0.15) is 6.10 Å². The number of carbonyl (C=O) groups excluding carboxylic acids is 4. The molecule has 19 heavy (non-hydrogen) atoms. The maximum absolute atomic E-state index is 11.5. The summed E-state index contributed by atoms with van der Waals surface area (Å²) < 4.78 is 5.10. The predicted octanol–water partition coefficient (Wildman–Crippen LogP) is -0.534. The summed E-state index contributed by atoms with van der Waals surface area (Å²) in [5, 5.41) is 1.13. The van der Waals surface area contributed by atoms with E-state index in [1.54, 1.807) is 0 Å². The molecule has 3 aliphatic rings. The van der Waals surface area contributed by atoms with E-state index in [1.165, 1.54) is 0 Å². The molecule has 3 fully saturated rings. The topological polar surface area (TPSA) is 106 Å². The van der Waals surface area contributed by atoms with Crippen molar-refractivity contribution in [3.63, 3.8) is 0 Å². The number of nitrogens with zero attached hydrogens (tertiary/aromatic N) is 2. The van der Waals surface area contributed by atoms with Gasteiger partial charge in [0.05, 0.1) is 0 Å². The van der Waals surface area contributed by atoms with Gasteiger partial charge < -0.3 is 4.74 Å². The van der Waals surface area contributed by atoms with Gasteiger partial charge in [-0.3, -0.25) is 24.1 Å². The molecule has 0 spiro atoms. The third-order valence-corrected chi connectivity index (χ3v) is 3.02. The van der Waals surface area contributed by atoms with E-state index in [-0.39, 0.29) is 25.4 Å². The van der Waals surface area contributed by atoms with Gasteiger partial charge >= 0.3 is 6.16 Å². The second kappa shape index (κ2) is 4.19. The monoisotopic (exact) mass is 270 g/mol. The van der Waals surface area contributed by atoms with E-state index in [0.717, 1.165) is 5.06 Å². The Hall–Kier alpha value is -2.16. The first kappa shape index (κ1) is 11.9. The second-order valence-corrected chi connectivity index (χ2v) is 4.34. The average molecular weight is 270 g/mol. The van der Waals surface area contributed by atoms with Gasteiger partial charge in [-0.25, -0.2) is 0 Å². The molecule has 2 unspecified atom stereocenters. The first-order valence-corrected chi connectivity index (χ1v) is 5.79. The highest BCUT2D eigenvalue weighted by atomic mass is 16.9. The zero-order valence-electron chi connectivity index (χ0n) is 9.74. The lowest BCUT2D eigenvalue weighted by Crippen LogP contribution is -2.42. The minimum Gasteiger partial charge on any atom is -0.344 e. The Bertz CT molecular complexity index is 460. The van der Waals surface area contributed by atoms with Gasteiger partial charge in [-0.1, -0.05) is 5.06 Å². The van der Waals surface area contributed by atoms with Crippen LogP contribution in [0.15, 0.2) is 0 Å². The van der Waals surface area contributed by atoms with Crippen LogP contribution in [-0.4, -0.2) is 46.3 Å². The van der Waals surface area contributed by atoms with Crippen molar-refractivity contribution >= 4 is 23.9 Å². The maximum atomic E-state index is 11.5. The number of piperidine rings is 1. The molecule has 9 heteroatoms. The third kappa shape index (κ3) is 2.12. The van der Waals surface area contributed by atoms with Gasteiger partial charge in [-0.2, -0.15) is 4.79 Å². The number of rotatable bonds is 2. The number of hydrogen-bond donors (Lipinski definition) is 0. The Morgan fingerprint density at radius 1 is 1.05 bits per heavy atom. The highest BCUT2D eigenvalue weighted by Gasteiger charge is 2.52. The molecule has 102 valence electrons. The van der Waals surface area contributed by atoms with E-state index in [4.69, 9.17) is 4.74 Å². The van der Waals surface area contributed by atoms with Crippen LogP contribution in [0.4, 0.5) is 4.79 Å². The molecule has 0 N–H and O–H groups in total. The molecule has 3 heterocycles. The van der Waals surface area contributed by atoms with Gasteiger partial charge in [0.15, 0.2) is 6.23 Å². The van der Waals surface area contributed by atoms with Gasteiger partial charge in [-0.15, -0.1) is 5.06 Å². The largest absolute Gasteiger partial charge is 0.559 e. The summed E-state index contributed by atoms with van der Waals surface area (Å²) in [5.74, 6) is -1.64. The molecule has 0 aromatic heterocycles. The zero-order chi connectivity index (χ0) is 13.6. The summed E-state index contributed by atoms with van der Waals surface area (Å²) >= 11 is 0. The Kier molecular flexibility index (Phi) is 2.63. The summed E-state index contributed by atoms with van der Waals surface area (Å²) in [6.07, 6.45) is -1.25. The van der Waals surface area contributed by atoms with Crippen molar-refractivity contribution in [2.75, 3.05) is 0 Å². The molecule has 9 nitrogen and oxygen atoms in total. The van der Waals surface area contributed by atoms with Gasteiger partial charge in [0.25, 0.3) is 17.7 Å². The van der Waals surface area contributed by atoms with E-state index < -0.39 is 30.1 Å². The van der Waals surface area contributed by atoms with E-state index in [2.05, 4.69) is 9.68 Å². The van der Waals surface area contributed by atoms with Crippen LogP contribution in [0.3, 0.4) is 0 Å². The highest BCUT2D eigenvalue weighted by molar-refractivity contribution is 6.01. The smallest absolute Gasteiger partial charge is 0.344 e. The Labute approximate surface area is 106 Å². The van der Waals surface area contributed by atoms with Crippen LogP contribution in [-0.2, 0) is 28.8 Å². The van der Waals surface area contributed by atoms with Crippen LogP contribution in [0.25, 0.3) is 0 Å². The molecule has 0 saturated carbocycles. The number of imide groups is 1. The Balaban J connectivity index is 1.58. The SMILES string of the molecule is O=C(ON1C(=O)CCC1=O)ON1C(=O)CCC2OC21. The summed E-state index contributed by atoms with van der Waals surface area (Å²) in [6, 6.07) is 0. The van der Waals surface area contributed by atoms with Crippen LogP contribution >= 0.6 is 0 Å². The molecular weight excluding hydrogens is 260 g/mol. The Morgan fingerprint density at radius 3 is 2.42 bits per heavy atom. The summed E-state index contributed by atoms with van der Waals surface area (Å²) in [4.78, 5) is 54.5. The van der Waals surface area contributed by atoms with Crippen molar-refractivity contribution in [1.29, 1.82) is 0 Å². The molecule has 0 aromatic carbocycles. The molecule has 2 atom stereocenters. The number of fused-ring (bicyclic) bond motifs is 1. The summed E-state index contributed by atoms with van der Waals surface area (Å²) in [6.45, 7) is 0. The fourth-order valence-corrected chi connectivity index (χ4v) is 2.00. The molecule has 0 aliphatic carbocycles. The van der Waals surface area contributed by atoms with E-state index in [9.17, 15) is 19.2 Å². The molecule has 0 bridgehead atoms. The van der Waals surface area contributed by atoms with Crippen molar-refractivity contribution < 1.29 is 33.6 Å². The minimum absolute atomic E-state index is 0.0113. The predicted molar refractivity (Wildman–Crippen MR) is 53.4 cm³/mol. The van der Waals surface area contributed by atoms with Crippen molar-refractivity contribution in [2.24, 2.45) is 0 Å². The number of ether oxygens (including phenoxy) is 1. The van der Waals surface area contributed by atoms with Gasteiger partial charge in [0.2, 0.25) is 0 Å². The van der Waals surface area contributed by atoms with E-state index in [0.29, 0.717) is 11.5 Å². The van der Waals surface area contributed by atoms with Crippen molar-refractivity contribution in [2.45, 2.75) is 38.0 Å². The van der Waals surface area contributed by atoms with Crippen LogP contribution in [0.5, 0.6) is 0 Å². The van der Waals surface area contributed by atoms with Crippen molar-refractivity contribution in [1.82, 2.24) is 10.1 Å². The second-order valence-electron chi connectivity index (χ2n) is 4.34. The molecule has 3 saturated heterocycles. The van der Waals surface area contributed by atoms with Crippen LogP contribution in [0.1, 0.15) is 25.7 Å². The van der Waals surface area contributed by atoms with Crippen molar-refractivity contribution in [3.8, 4) is 0 Å². The molecular formula is C10H10N2O7. The maximum Gasteiger partial charge on any atom is 0.559 e. The number of epoxide rings is 1. The van der Waals surface area contributed by atoms with Crippen LogP contribution in [0, 0.1) is 0 Å². The summed E-state index contributed by atoms with van der Waals surface area (Å²) in [5.41, 5.74) is 0. The van der Waals surface area contributed by atoms with Crippen molar-refractivity contribution in [3.05, 3.63) is 0 Å². The number of amides is 3. The number of carbonyl (C=O) groups is 4. The number of hydrogen-bond acceptors (Lipinski definition) is 7. The molecule has 3 rings (SSSR count). The first-order chi connectivity index (χ1) is 9.06. The third-order valence-electron chi connectivity index (χ3n) is 3.02. The zero-order valence-corrected chi connectivity index (χ0v) is 9.74. The lowest BCUT2D eigenvalue weighted by atomic mass is 10.1. The molecule has 3 aliphatic heterocycles. The lowest BCUT2D eigenvalue weighted by Gasteiger charge is -2.22.